The third-order valence-electron chi connectivity index (χ3n) is 4.89. The van der Waals surface area contributed by atoms with Gasteiger partial charge in [-0.25, -0.2) is 4.98 Å². The molecule has 0 aliphatic rings. The highest BCUT2D eigenvalue weighted by molar-refractivity contribution is 9.10. The summed E-state index contributed by atoms with van der Waals surface area (Å²) < 4.78 is 18.8. The van der Waals surface area contributed by atoms with Gasteiger partial charge in [-0.1, -0.05) is 52.3 Å². The molecule has 0 spiro atoms. The van der Waals surface area contributed by atoms with Crippen molar-refractivity contribution in [2.45, 2.75) is 13.5 Å². The summed E-state index contributed by atoms with van der Waals surface area (Å²) in [5.74, 6) is 2.75. The van der Waals surface area contributed by atoms with Gasteiger partial charge in [0.25, 0.3) is 5.89 Å². The third kappa shape index (κ3) is 4.20. The summed E-state index contributed by atoms with van der Waals surface area (Å²) in [5, 5.41) is 8.39. The topological polar surface area (TPSA) is 74.2 Å². The molecule has 5 aromatic rings. The van der Waals surface area contributed by atoms with E-state index in [4.69, 9.17) is 13.6 Å². The fraction of sp³-hybridized carbons (Fsp3) is 0.0800. The Morgan fingerprint density at radius 1 is 0.781 bits per heavy atom. The van der Waals surface area contributed by atoms with Gasteiger partial charge >= 0.3 is 0 Å². The van der Waals surface area contributed by atoms with Crippen LogP contribution in [0.4, 0.5) is 0 Å². The first-order chi connectivity index (χ1) is 15.7. The predicted octanol–water partition coefficient (Wildman–Crippen LogP) is 6.71. The summed E-state index contributed by atoms with van der Waals surface area (Å²) in [4.78, 5) is 4.62. The average molecular weight is 488 g/mol. The van der Waals surface area contributed by atoms with Crippen LogP contribution in [0.2, 0.25) is 0 Å². The van der Waals surface area contributed by atoms with E-state index in [1.54, 1.807) is 0 Å². The van der Waals surface area contributed by atoms with Gasteiger partial charge in [-0.2, -0.15) is 0 Å². The number of aryl methyl sites for hydroxylation is 1. The average Bonchev–Trinajstić information content (AvgIpc) is 3.46. The summed E-state index contributed by atoms with van der Waals surface area (Å²) >= 11 is 3.48. The second-order valence-corrected chi connectivity index (χ2v) is 8.01. The first-order valence-electron chi connectivity index (χ1n) is 10.0. The van der Waals surface area contributed by atoms with Crippen molar-refractivity contribution < 1.29 is 13.6 Å². The quantitative estimate of drug-likeness (QED) is 0.265. The zero-order valence-corrected chi connectivity index (χ0v) is 18.7. The van der Waals surface area contributed by atoms with Crippen molar-refractivity contribution in [2.75, 3.05) is 0 Å². The number of ether oxygens (including phenoxy) is 1. The van der Waals surface area contributed by atoms with Crippen LogP contribution in [0.25, 0.3) is 34.4 Å². The second-order valence-electron chi connectivity index (χ2n) is 7.10. The lowest BCUT2D eigenvalue weighted by molar-refractivity contribution is 0.300. The van der Waals surface area contributed by atoms with Gasteiger partial charge in [0.15, 0.2) is 0 Å². The van der Waals surface area contributed by atoms with E-state index in [2.05, 4.69) is 31.1 Å². The normalized spacial score (nSPS) is 10.9. The number of rotatable bonds is 6. The molecule has 0 saturated heterocycles. The molecular weight excluding hydrogens is 470 g/mol. The van der Waals surface area contributed by atoms with Crippen LogP contribution in [0.5, 0.6) is 5.75 Å². The highest BCUT2D eigenvalue weighted by atomic mass is 79.9. The Hall–Kier alpha value is -3.71. The van der Waals surface area contributed by atoms with Crippen LogP contribution < -0.4 is 4.74 Å². The van der Waals surface area contributed by atoms with Crippen LogP contribution in [0.1, 0.15) is 11.5 Å². The second kappa shape index (κ2) is 8.80. The minimum atomic E-state index is 0.250. The molecule has 0 radical (unpaired) electrons. The zero-order valence-electron chi connectivity index (χ0n) is 17.2. The monoisotopic (exact) mass is 487 g/mol. The molecule has 6 nitrogen and oxygen atoms in total. The summed E-state index contributed by atoms with van der Waals surface area (Å²) in [6.45, 7) is 2.13. The van der Waals surface area contributed by atoms with E-state index in [9.17, 15) is 0 Å². The molecule has 3 aromatic carbocycles. The molecule has 158 valence electrons. The first kappa shape index (κ1) is 20.2. The van der Waals surface area contributed by atoms with E-state index in [-0.39, 0.29) is 6.61 Å². The number of oxazole rings is 1. The molecule has 0 aliphatic heterocycles. The van der Waals surface area contributed by atoms with Crippen LogP contribution in [0.3, 0.4) is 0 Å². The van der Waals surface area contributed by atoms with Crippen LogP contribution in [0.15, 0.2) is 92.2 Å². The molecule has 2 aromatic heterocycles. The first-order valence-corrected chi connectivity index (χ1v) is 10.8. The maximum atomic E-state index is 6.09. The van der Waals surface area contributed by atoms with E-state index < -0.39 is 0 Å². The lowest BCUT2D eigenvalue weighted by Gasteiger charge is -2.08. The van der Waals surface area contributed by atoms with E-state index in [1.165, 1.54) is 0 Å². The van der Waals surface area contributed by atoms with Gasteiger partial charge in [-0.3, -0.25) is 0 Å². The predicted molar refractivity (Wildman–Crippen MR) is 124 cm³/mol. The van der Waals surface area contributed by atoms with E-state index in [0.29, 0.717) is 29.2 Å². The van der Waals surface area contributed by atoms with Crippen LogP contribution in [-0.4, -0.2) is 15.2 Å². The number of hydrogen-bond donors (Lipinski definition) is 0. The lowest BCUT2D eigenvalue weighted by Crippen LogP contribution is -1.99. The lowest BCUT2D eigenvalue weighted by atomic mass is 10.2. The molecule has 7 heteroatoms. The molecule has 0 N–H and O–H groups in total. The summed E-state index contributed by atoms with van der Waals surface area (Å²) in [5.41, 5.74) is 3.21. The fourth-order valence-electron chi connectivity index (χ4n) is 3.25. The fourth-order valence-corrected chi connectivity index (χ4v) is 3.65. The van der Waals surface area contributed by atoms with E-state index in [0.717, 1.165) is 26.9 Å². The maximum absolute atomic E-state index is 6.09. The Balaban J connectivity index is 1.38. The third-order valence-corrected chi connectivity index (χ3v) is 5.39. The standard InChI is InChI=1S/C25H18BrN3O3/c1-16-21(27-23(31-16)18-10-7-11-19(26)14-18)15-30-22-13-6-5-12-20(22)25-29-28-24(32-25)17-8-3-2-4-9-17/h2-14H,15H2,1H3. The Kier molecular flexibility index (Phi) is 5.56. The molecule has 0 saturated carbocycles. The maximum Gasteiger partial charge on any atom is 0.251 e. The van der Waals surface area contributed by atoms with Crippen LogP contribution >= 0.6 is 15.9 Å². The van der Waals surface area contributed by atoms with Crippen molar-refractivity contribution >= 4 is 15.9 Å². The molecule has 5 rings (SSSR count). The molecule has 2 heterocycles. The summed E-state index contributed by atoms with van der Waals surface area (Å²) in [7, 11) is 0. The SMILES string of the molecule is Cc1oc(-c2cccc(Br)c2)nc1COc1ccccc1-c1nnc(-c2ccccc2)o1. The highest BCUT2D eigenvalue weighted by Crippen LogP contribution is 2.32. The van der Waals surface area contributed by atoms with Gasteiger partial charge < -0.3 is 13.6 Å². The number of hydrogen-bond acceptors (Lipinski definition) is 6. The molecular formula is C25H18BrN3O3. The van der Waals surface area contributed by atoms with Crippen molar-refractivity contribution in [3.05, 3.63) is 94.8 Å². The van der Waals surface area contributed by atoms with Crippen molar-refractivity contribution in [3.63, 3.8) is 0 Å². The molecule has 0 atom stereocenters. The summed E-state index contributed by atoms with van der Waals surface area (Å²) in [6.07, 6.45) is 0. The molecule has 0 bridgehead atoms. The van der Waals surface area contributed by atoms with Gasteiger partial charge in [-0.15, -0.1) is 10.2 Å². The van der Waals surface area contributed by atoms with Crippen molar-refractivity contribution in [3.8, 4) is 40.1 Å². The van der Waals surface area contributed by atoms with E-state index >= 15 is 0 Å². The molecule has 0 unspecified atom stereocenters. The van der Waals surface area contributed by atoms with Gasteiger partial charge in [0, 0.05) is 15.6 Å². The number of para-hydroxylation sites is 1. The van der Waals surface area contributed by atoms with Crippen LogP contribution in [-0.2, 0) is 6.61 Å². The van der Waals surface area contributed by atoms with Gasteiger partial charge in [0.1, 0.15) is 23.8 Å². The van der Waals surface area contributed by atoms with Crippen molar-refractivity contribution in [1.82, 2.24) is 15.2 Å². The molecule has 0 aliphatic carbocycles. The number of benzene rings is 3. The largest absolute Gasteiger partial charge is 0.486 e. The van der Waals surface area contributed by atoms with Gasteiger partial charge in [0.05, 0.1) is 5.56 Å². The van der Waals surface area contributed by atoms with Gasteiger partial charge in [0.2, 0.25) is 11.8 Å². The summed E-state index contributed by atoms with van der Waals surface area (Å²) in [6, 6.07) is 25.0. The molecule has 32 heavy (non-hydrogen) atoms. The Bertz CT molecular complexity index is 1360. The smallest absolute Gasteiger partial charge is 0.251 e. The van der Waals surface area contributed by atoms with Crippen molar-refractivity contribution in [1.29, 1.82) is 0 Å². The van der Waals surface area contributed by atoms with E-state index in [1.807, 2.05) is 85.8 Å². The number of halogens is 1. The number of aromatic nitrogens is 3. The zero-order chi connectivity index (χ0) is 21.9. The molecule has 0 fully saturated rings. The molecule has 0 amide bonds. The van der Waals surface area contributed by atoms with Crippen LogP contribution in [0, 0.1) is 6.92 Å². The Morgan fingerprint density at radius 3 is 2.38 bits per heavy atom. The highest BCUT2D eigenvalue weighted by Gasteiger charge is 2.17. The minimum Gasteiger partial charge on any atom is -0.486 e. The van der Waals surface area contributed by atoms with Crippen molar-refractivity contribution in [2.24, 2.45) is 0 Å². The number of nitrogens with zero attached hydrogens (tertiary/aromatic N) is 3. The van der Waals surface area contributed by atoms with Gasteiger partial charge in [-0.05, 0) is 49.4 Å². The Labute approximate surface area is 193 Å². The Morgan fingerprint density at radius 2 is 1.53 bits per heavy atom. The minimum absolute atomic E-state index is 0.250.